The summed E-state index contributed by atoms with van der Waals surface area (Å²) in [6.07, 6.45) is -0.166. The molecule has 1 amide bonds. The average molecular weight is 172 g/mol. The van der Waals surface area contributed by atoms with E-state index in [1.807, 2.05) is 5.43 Å². The van der Waals surface area contributed by atoms with Gasteiger partial charge in [-0.05, 0) is 6.92 Å². The van der Waals surface area contributed by atoms with Crippen molar-refractivity contribution in [2.24, 2.45) is 11.8 Å². The minimum absolute atomic E-state index is 0.166. The second-order valence-electron chi connectivity index (χ2n) is 2.51. The van der Waals surface area contributed by atoms with Gasteiger partial charge in [-0.2, -0.15) is 0 Å². The van der Waals surface area contributed by atoms with Crippen LogP contribution in [-0.4, -0.2) is 17.0 Å². The standard InChI is InChI=1S/C7H12N2O3/c1-4(2)5(7(11)12)3-6(10)9-8/h5H,1,3,8H2,2H3,(H,9,10)(H,11,12). The van der Waals surface area contributed by atoms with Crippen LogP contribution < -0.4 is 11.3 Å². The van der Waals surface area contributed by atoms with Crippen molar-refractivity contribution < 1.29 is 14.7 Å². The molecule has 12 heavy (non-hydrogen) atoms. The maximum Gasteiger partial charge on any atom is 0.311 e. The van der Waals surface area contributed by atoms with Crippen molar-refractivity contribution in [3.63, 3.8) is 0 Å². The van der Waals surface area contributed by atoms with Crippen molar-refractivity contribution in [3.8, 4) is 0 Å². The molecule has 0 heterocycles. The zero-order valence-corrected chi connectivity index (χ0v) is 6.83. The monoisotopic (exact) mass is 172 g/mol. The molecule has 4 N–H and O–H groups in total. The number of amides is 1. The smallest absolute Gasteiger partial charge is 0.311 e. The van der Waals surface area contributed by atoms with E-state index >= 15 is 0 Å². The second-order valence-corrected chi connectivity index (χ2v) is 2.51. The van der Waals surface area contributed by atoms with E-state index in [9.17, 15) is 9.59 Å². The van der Waals surface area contributed by atoms with E-state index < -0.39 is 17.8 Å². The Labute approximate surface area is 70.2 Å². The van der Waals surface area contributed by atoms with Crippen LogP contribution in [0, 0.1) is 5.92 Å². The van der Waals surface area contributed by atoms with Crippen molar-refractivity contribution in [1.29, 1.82) is 0 Å². The van der Waals surface area contributed by atoms with Crippen molar-refractivity contribution in [3.05, 3.63) is 12.2 Å². The first-order chi connectivity index (χ1) is 5.49. The third kappa shape index (κ3) is 3.16. The lowest BCUT2D eigenvalue weighted by molar-refractivity contribution is -0.142. The Balaban J connectivity index is 4.24. The van der Waals surface area contributed by atoms with E-state index in [0.717, 1.165) is 0 Å². The Bertz CT molecular complexity index is 199. The number of aliphatic carboxylic acids is 1. The summed E-state index contributed by atoms with van der Waals surface area (Å²) in [5.41, 5.74) is 2.30. The summed E-state index contributed by atoms with van der Waals surface area (Å²) in [6.45, 7) is 5.02. The molecule has 1 unspecified atom stereocenters. The van der Waals surface area contributed by atoms with Crippen LogP contribution in [0.3, 0.4) is 0 Å². The van der Waals surface area contributed by atoms with Crippen LogP contribution in [0.15, 0.2) is 12.2 Å². The molecule has 0 aliphatic rings. The summed E-state index contributed by atoms with van der Waals surface area (Å²) >= 11 is 0. The Kier molecular flexibility index (Phi) is 3.99. The lowest BCUT2D eigenvalue weighted by Gasteiger charge is -2.09. The molecule has 0 spiro atoms. The number of hydrogen-bond donors (Lipinski definition) is 3. The minimum atomic E-state index is -1.06. The Hall–Kier alpha value is -1.36. The number of carboxylic acid groups (broad SMARTS) is 1. The molecule has 0 aromatic heterocycles. The fourth-order valence-corrected chi connectivity index (χ4v) is 0.717. The maximum atomic E-state index is 10.7. The first kappa shape index (κ1) is 10.6. The molecule has 0 fully saturated rings. The van der Waals surface area contributed by atoms with Crippen molar-refractivity contribution >= 4 is 11.9 Å². The van der Waals surface area contributed by atoms with Crippen molar-refractivity contribution in [1.82, 2.24) is 5.43 Å². The molecule has 0 radical (unpaired) electrons. The van der Waals surface area contributed by atoms with E-state index in [4.69, 9.17) is 10.9 Å². The lowest BCUT2D eigenvalue weighted by atomic mass is 9.98. The average Bonchev–Trinajstić information content (AvgIpc) is 1.98. The summed E-state index contributed by atoms with van der Waals surface area (Å²) in [4.78, 5) is 21.2. The first-order valence-electron chi connectivity index (χ1n) is 3.36. The Morgan fingerprint density at radius 3 is 2.42 bits per heavy atom. The maximum absolute atomic E-state index is 10.7. The third-order valence-electron chi connectivity index (χ3n) is 1.44. The van der Waals surface area contributed by atoms with Crippen LogP contribution in [0.2, 0.25) is 0 Å². The van der Waals surface area contributed by atoms with E-state index in [2.05, 4.69) is 6.58 Å². The highest BCUT2D eigenvalue weighted by Gasteiger charge is 2.20. The van der Waals surface area contributed by atoms with Crippen LogP contribution in [0.4, 0.5) is 0 Å². The molecule has 5 heteroatoms. The van der Waals surface area contributed by atoms with E-state index in [0.29, 0.717) is 5.57 Å². The number of hydrazine groups is 1. The van der Waals surface area contributed by atoms with Crippen molar-refractivity contribution in [2.45, 2.75) is 13.3 Å². The summed E-state index contributed by atoms with van der Waals surface area (Å²) in [5.74, 6) is 2.37. The van der Waals surface area contributed by atoms with Gasteiger partial charge in [0.25, 0.3) is 0 Å². The molecular weight excluding hydrogens is 160 g/mol. The molecule has 0 aromatic carbocycles. The normalized spacial score (nSPS) is 11.8. The molecule has 0 aliphatic heterocycles. The van der Waals surface area contributed by atoms with Gasteiger partial charge in [0.05, 0.1) is 5.92 Å². The highest BCUT2D eigenvalue weighted by Crippen LogP contribution is 2.12. The van der Waals surface area contributed by atoms with Gasteiger partial charge in [0.1, 0.15) is 0 Å². The van der Waals surface area contributed by atoms with Gasteiger partial charge >= 0.3 is 5.97 Å². The largest absolute Gasteiger partial charge is 0.481 e. The number of rotatable bonds is 4. The summed E-state index contributed by atoms with van der Waals surface area (Å²) in [6, 6.07) is 0. The molecule has 0 saturated heterocycles. The van der Waals surface area contributed by atoms with E-state index in [1.165, 1.54) is 0 Å². The Morgan fingerprint density at radius 1 is 1.67 bits per heavy atom. The molecule has 0 bridgehead atoms. The molecule has 68 valence electrons. The van der Waals surface area contributed by atoms with Crippen LogP contribution in [0.1, 0.15) is 13.3 Å². The number of carbonyl (C=O) groups is 2. The molecule has 0 saturated carbocycles. The highest BCUT2D eigenvalue weighted by atomic mass is 16.4. The minimum Gasteiger partial charge on any atom is -0.481 e. The molecule has 0 aliphatic carbocycles. The van der Waals surface area contributed by atoms with Crippen molar-refractivity contribution in [2.75, 3.05) is 0 Å². The fourth-order valence-electron chi connectivity index (χ4n) is 0.717. The quantitative estimate of drug-likeness (QED) is 0.234. The topological polar surface area (TPSA) is 92.4 Å². The number of hydrogen-bond acceptors (Lipinski definition) is 3. The van der Waals surface area contributed by atoms with Gasteiger partial charge in [0.2, 0.25) is 5.91 Å². The van der Waals surface area contributed by atoms with Crippen LogP contribution in [0.5, 0.6) is 0 Å². The predicted octanol–water partition coefficient (Wildman–Crippen LogP) is -0.357. The van der Waals surface area contributed by atoms with Gasteiger partial charge in [0.15, 0.2) is 0 Å². The zero-order valence-electron chi connectivity index (χ0n) is 6.83. The van der Waals surface area contributed by atoms with Gasteiger partial charge in [-0.15, -0.1) is 0 Å². The molecule has 0 aromatic rings. The summed E-state index contributed by atoms with van der Waals surface area (Å²) in [5, 5.41) is 8.61. The molecule has 0 rings (SSSR count). The molecule has 5 nitrogen and oxygen atoms in total. The number of nitrogens with two attached hydrogens (primary N) is 1. The molecular formula is C7H12N2O3. The van der Waals surface area contributed by atoms with Gasteiger partial charge in [-0.25, -0.2) is 5.84 Å². The van der Waals surface area contributed by atoms with Gasteiger partial charge in [0, 0.05) is 6.42 Å². The van der Waals surface area contributed by atoms with Crippen LogP contribution in [0.25, 0.3) is 0 Å². The SMILES string of the molecule is C=C(C)C(CC(=O)NN)C(=O)O. The second kappa shape index (κ2) is 4.50. The highest BCUT2D eigenvalue weighted by molar-refractivity contribution is 5.83. The molecule has 1 atom stereocenters. The van der Waals surface area contributed by atoms with Gasteiger partial charge in [-0.1, -0.05) is 12.2 Å². The predicted molar refractivity (Wildman–Crippen MR) is 42.9 cm³/mol. The Morgan fingerprint density at radius 2 is 2.17 bits per heavy atom. The fraction of sp³-hybridized carbons (Fsp3) is 0.429. The number of carboxylic acids is 1. The number of nitrogens with one attached hydrogen (secondary N) is 1. The third-order valence-corrected chi connectivity index (χ3v) is 1.44. The van der Waals surface area contributed by atoms with Crippen LogP contribution in [-0.2, 0) is 9.59 Å². The zero-order chi connectivity index (χ0) is 9.72. The van der Waals surface area contributed by atoms with Crippen LogP contribution >= 0.6 is 0 Å². The van der Waals surface area contributed by atoms with E-state index in [1.54, 1.807) is 6.92 Å². The first-order valence-corrected chi connectivity index (χ1v) is 3.36. The summed E-state index contributed by atoms with van der Waals surface area (Å²) in [7, 11) is 0. The summed E-state index contributed by atoms with van der Waals surface area (Å²) < 4.78 is 0. The van der Waals surface area contributed by atoms with Gasteiger partial charge < -0.3 is 5.11 Å². The number of carbonyl (C=O) groups excluding carboxylic acids is 1. The van der Waals surface area contributed by atoms with Gasteiger partial charge in [-0.3, -0.25) is 15.0 Å². The lowest BCUT2D eigenvalue weighted by Crippen LogP contribution is -2.33. The van der Waals surface area contributed by atoms with E-state index in [-0.39, 0.29) is 6.42 Å².